The third kappa shape index (κ3) is 7.70. The summed E-state index contributed by atoms with van der Waals surface area (Å²) in [5.41, 5.74) is -3.52. The number of hydrogen-bond acceptors (Lipinski definition) is 17. The molecule has 0 heterocycles. The maximum atomic E-state index is 13.7. The molecule has 0 saturated heterocycles. The Kier molecular flexibility index (Phi) is 11.6. The summed E-state index contributed by atoms with van der Waals surface area (Å²) in [7, 11) is 7.25. The molecule has 0 aliphatic heterocycles. The van der Waals surface area contributed by atoms with E-state index in [1.807, 2.05) is 0 Å². The fourth-order valence-electron chi connectivity index (χ4n) is 5.40. The average molecular weight is 733 g/mol. The highest BCUT2D eigenvalue weighted by atomic mass is 16.6. The Morgan fingerprint density at radius 3 is 1.00 bits per heavy atom. The molecule has 0 amide bonds. The molecule has 52 heavy (non-hydrogen) atoms. The monoisotopic (exact) mass is 732 g/mol. The molecule has 1 fully saturated rings. The summed E-state index contributed by atoms with van der Waals surface area (Å²) < 4.78 is 47.6. The molecule has 0 radical (unpaired) electrons. The Hall–Kier alpha value is -6.30. The number of carboxylic acids is 1. The van der Waals surface area contributed by atoms with Crippen LogP contribution in [0.5, 0.6) is 51.7 Å². The Balaban J connectivity index is 1.82. The van der Waals surface area contributed by atoms with Crippen molar-refractivity contribution < 1.29 is 87.3 Å². The molecule has 1 aliphatic carbocycles. The number of esters is 3. The van der Waals surface area contributed by atoms with Crippen molar-refractivity contribution in [1.29, 1.82) is 0 Å². The highest BCUT2D eigenvalue weighted by molar-refractivity contribution is 5.93. The molecule has 3 aromatic rings. The lowest BCUT2D eigenvalue weighted by atomic mass is 9.79. The van der Waals surface area contributed by atoms with Gasteiger partial charge in [-0.3, -0.25) is 0 Å². The lowest BCUT2D eigenvalue weighted by molar-refractivity contribution is -0.188. The summed E-state index contributed by atoms with van der Waals surface area (Å²) in [6.07, 6.45) is -7.17. The van der Waals surface area contributed by atoms with Crippen molar-refractivity contribution >= 4 is 23.9 Å². The van der Waals surface area contributed by atoms with Gasteiger partial charge in [-0.25, -0.2) is 19.2 Å². The number of benzene rings is 3. The molecule has 280 valence electrons. The van der Waals surface area contributed by atoms with Crippen LogP contribution in [0, 0.1) is 0 Å². The van der Waals surface area contributed by atoms with E-state index >= 15 is 0 Å². The summed E-state index contributed by atoms with van der Waals surface area (Å²) >= 11 is 0. The van der Waals surface area contributed by atoms with Crippen LogP contribution in [0.4, 0.5) is 0 Å². The summed E-state index contributed by atoms with van der Waals surface area (Å²) in [5, 5.41) is 52.3. The number of aliphatic carboxylic acids is 1. The topological polar surface area (TPSA) is 252 Å². The Labute approximate surface area is 295 Å². The first kappa shape index (κ1) is 38.5. The van der Waals surface area contributed by atoms with Gasteiger partial charge < -0.3 is 68.2 Å². The standard InChI is InChI=1S/C34H36O18/c1-44-18-7-15(8-19(45-2)26(18)35)30(38)50-24-13-34(43,33(41)42)14-25(51-31(39)16-9-20(46-3)27(36)21(10-16)47-4)29(24)52-32(40)17-11-22(48-5)28(37)23(12-17)49-6/h7-12,24-25,29,35-37,43H,13-14H2,1-6H3,(H,41,42)/t24-,25-,29?,34?/m1/s1. The molecule has 5 N–H and O–H groups in total. The minimum atomic E-state index is -2.71. The van der Waals surface area contributed by atoms with Crippen LogP contribution in [0.3, 0.4) is 0 Å². The van der Waals surface area contributed by atoms with Crippen molar-refractivity contribution in [3.63, 3.8) is 0 Å². The Morgan fingerprint density at radius 1 is 0.519 bits per heavy atom. The number of aliphatic hydroxyl groups is 1. The molecule has 18 heteroatoms. The molecule has 18 nitrogen and oxygen atoms in total. The lowest BCUT2D eigenvalue weighted by Gasteiger charge is -2.42. The second-order valence-electron chi connectivity index (χ2n) is 11.2. The van der Waals surface area contributed by atoms with Crippen LogP contribution >= 0.6 is 0 Å². The molecular formula is C34H36O18. The van der Waals surface area contributed by atoms with E-state index in [4.69, 9.17) is 42.6 Å². The van der Waals surface area contributed by atoms with Crippen molar-refractivity contribution in [3.05, 3.63) is 53.1 Å². The van der Waals surface area contributed by atoms with Gasteiger partial charge in [0.2, 0.25) is 17.2 Å². The second kappa shape index (κ2) is 15.7. The Bertz CT molecular complexity index is 1690. The average Bonchev–Trinajstić information content (AvgIpc) is 3.12. The molecule has 0 unspecified atom stereocenters. The van der Waals surface area contributed by atoms with Gasteiger partial charge in [-0.15, -0.1) is 0 Å². The minimum Gasteiger partial charge on any atom is -0.502 e. The number of carbonyl (C=O) groups is 4. The lowest BCUT2D eigenvalue weighted by Crippen LogP contribution is -2.59. The zero-order valence-electron chi connectivity index (χ0n) is 28.7. The van der Waals surface area contributed by atoms with Gasteiger partial charge in [0, 0.05) is 12.8 Å². The van der Waals surface area contributed by atoms with E-state index in [0.717, 1.165) is 36.4 Å². The predicted octanol–water partition coefficient (Wildman–Crippen LogP) is 2.44. The molecule has 1 aliphatic rings. The highest BCUT2D eigenvalue weighted by Gasteiger charge is 2.55. The van der Waals surface area contributed by atoms with Gasteiger partial charge in [-0.2, -0.15) is 0 Å². The quantitative estimate of drug-likeness (QED) is 0.125. The number of rotatable bonds is 13. The molecular weight excluding hydrogens is 696 g/mol. The summed E-state index contributed by atoms with van der Waals surface area (Å²) in [5.74, 6) is -7.78. The van der Waals surface area contributed by atoms with Crippen molar-refractivity contribution in [2.45, 2.75) is 36.8 Å². The van der Waals surface area contributed by atoms with Crippen molar-refractivity contribution in [2.24, 2.45) is 0 Å². The molecule has 0 spiro atoms. The minimum absolute atomic E-state index is 0.188. The first-order chi connectivity index (χ1) is 24.6. The smallest absolute Gasteiger partial charge is 0.338 e. The van der Waals surface area contributed by atoms with E-state index < -0.39 is 77.9 Å². The molecule has 3 aromatic carbocycles. The van der Waals surface area contributed by atoms with Crippen LogP contribution in [0.1, 0.15) is 43.9 Å². The van der Waals surface area contributed by atoms with Crippen molar-refractivity contribution in [1.82, 2.24) is 0 Å². The largest absolute Gasteiger partial charge is 0.502 e. The predicted molar refractivity (Wildman–Crippen MR) is 173 cm³/mol. The maximum absolute atomic E-state index is 13.7. The van der Waals surface area contributed by atoms with E-state index in [1.54, 1.807) is 0 Å². The number of methoxy groups -OCH3 is 6. The maximum Gasteiger partial charge on any atom is 0.338 e. The van der Waals surface area contributed by atoms with E-state index in [2.05, 4.69) is 0 Å². The van der Waals surface area contributed by atoms with Crippen LogP contribution in [-0.4, -0.2) is 116 Å². The van der Waals surface area contributed by atoms with Crippen molar-refractivity contribution in [3.8, 4) is 51.7 Å². The molecule has 0 bridgehead atoms. The molecule has 0 aromatic heterocycles. The Morgan fingerprint density at radius 2 is 0.769 bits per heavy atom. The molecule has 1 saturated carbocycles. The number of carboxylic acid groups (broad SMARTS) is 1. The van der Waals surface area contributed by atoms with Crippen molar-refractivity contribution in [2.75, 3.05) is 42.7 Å². The van der Waals surface area contributed by atoms with Gasteiger partial charge in [0.1, 0.15) is 12.2 Å². The van der Waals surface area contributed by atoms with E-state index in [0.29, 0.717) is 0 Å². The summed E-state index contributed by atoms with van der Waals surface area (Å²) in [6, 6.07) is 6.55. The number of hydrogen-bond donors (Lipinski definition) is 5. The van der Waals surface area contributed by atoms with Gasteiger partial charge in [-0.1, -0.05) is 0 Å². The zero-order valence-corrected chi connectivity index (χ0v) is 28.7. The fraction of sp³-hybridized carbons (Fsp3) is 0.353. The number of ether oxygens (including phenoxy) is 9. The molecule has 2 atom stereocenters. The number of phenolic OH excluding ortho intramolecular Hbond substituents is 3. The first-order valence-corrected chi connectivity index (χ1v) is 15.1. The zero-order chi connectivity index (χ0) is 38.5. The fourth-order valence-corrected chi connectivity index (χ4v) is 5.40. The van der Waals surface area contributed by atoms with E-state index in [-0.39, 0.29) is 51.2 Å². The number of carbonyl (C=O) groups excluding carboxylic acids is 3. The van der Waals surface area contributed by atoms with E-state index in [9.17, 15) is 44.7 Å². The van der Waals surface area contributed by atoms with Crippen LogP contribution in [-0.2, 0) is 19.0 Å². The summed E-state index contributed by atoms with van der Waals surface area (Å²) in [4.78, 5) is 53.2. The van der Waals surface area contributed by atoms with Crippen LogP contribution < -0.4 is 28.4 Å². The van der Waals surface area contributed by atoms with Gasteiger partial charge >= 0.3 is 23.9 Å². The number of phenols is 3. The van der Waals surface area contributed by atoms with Gasteiger partial charge in [0.25, 0.3) is 0 Å². The third-order valence-corrected chi connectivity index (χ3v) is 8.12. The van der Waals surface area contributed by atoms with Gasteiger partial charge in [0.05, 0.1) is 59.3 Å². The van der Waals surface area contributed by atoms with Gasteiger partial charge in [-0.05, 0) is 36.4 Å². The SMILES string of the molecule is COc1cc(C(=O)OC2[C@H](OC(=O)c3cc(OC)c(O)c(OC)c3)CC(O)(C(=O)O)C[C@H]2OC(=O)c2cc(OC)c(O)c(OC)c2)cc(OC)c1O. The number of aromatic hydroxyl groups is 3. The summed E-state index contributed by atoms with van der Waals surface area (Å²) in [6.45, 7) is 0. The second-order valence-corrected chi connectivity index (χ2v) is 11.2. The van der Waals surface area contributed by atoms with Crippen LogP contribution in [0.25, 0.3) is 0 Å². The van der Waals surface area contributed by atoms with Gasteiger partial charge in [0.15, 0.2) is 46.2 Å². The van der Waals surface area contributed by atoms with E-state index in [1.165, 1.54) is 42.7 Å². The third-order valence-electron chi connectivity index (χ3n) is 8.12. The molecule has 4 rings (SSSR count). The van der Waals surface area contributed by atoms with Crippen LogP contribution in [0.2, 0.25) is 0 Å². The normalized spacial score (nSPS) is 19.4. The highest BCUT2D eigenvalue weighted by Crippen LogP contribution is 2.42. The van der Waals surface area contributed by atoms with Crippen LogP contribution in [0.15, 0.2) is 36.4 Å². The first-order valence-electron chi connectivity index (χ1n) is 15.1.